The van der Waals surface area contributed by atoms with Crippen LogP contribution >= 0.6 is 0 Å². The summed E-state index contributed by atoms with van der Waals surface area (Å²) in [6.07, 6.45) is 0. The molecule has 20 heavy (non-hydrogen) atoms. The molecule has 0 rings (SSSR count). The summed E-state index contributed by atoms with van der Waals surface area (Å²) in [6.45, 7) is 5.99. The number of nitrogens with zero attached hydrogens (tertiary/aromatic N) is 1. The molecule has 0 radical (unpaired) electrons. The molecule has 0 fully saturated rings. The maximum absolute atomic E-state index is 8.99. The van der Waals surface area contributed by atoms with Crippen molar-refractivity contribution < 1.29 is 29.2 Å². The highest BCUT2D eigenvalue weighted by Gasteiger charge is 2.04. The van der Waals surface area contributed by atoms with E-state index >= 15 is 0 Å². The fraction of sp³-hybridized carbons (Fsp3) is 1.00. The van der Waals surface area contributed by atoms with Gasteiger partial charge in [-0.05, 0) is 0 Å². The smallest absolute Gasteiger partial charge is 0.0701 e. The van der Waals surface area contributed by atoms with Crippen LogP contribution in [0.25, 0.3) is 0 Å². The molecule has 0 atom stereocenters. The zero-order valence-corrected chi connectivity index (χ0v) is 12.5. The third-order valence-electron chi connectivity index (χ3n) is 2.56. The fourth-order valence-corrected chi connectivity index (χ4v) is 1.49. The summed E-state index contributed by atoms with van der Waals surface area (Å²) in [6, 6.07) is 0. The van der Waals surface area contributed by atoms with Crippen molar-refractivity contribution in [2.45, 2.75) is 0 Å². The van der Waals surface area contributed by atoms with E-state index in [0.717, 1.165) is 13.1 Å². The van der Waals surface area contributed by atoms with E-state index in [0.29, 0.717) is 52.8 Å². The highest BCUT2D eigenvalue weighted by molar-refractivity contribution is 4.56. The van der Waals surface area contributed by atoms with Crippen molar-refractivity contribution in [2.24, 2.45) is 0 Å². The van der Waals surface area contributed by atoms with Gasteiger partial charge in [0, 0.05) is 26.7 Å². The number of aliphatic hydroxyl groups is 2. The van der Waals surface area contributed by atoms with Crippen LogP contribution in [0.1, 0.15) is 0 Å². The number of ether oxygens (including phenoxy) is 4. The van der Waals surface area contributed by atoms with Gasteiger partial charge in [-0.3, -0.25) is 4.90 Å². The van der Waals surface area contributed by atoms with E-state index in [9.17, 15) is 0 Å². The first-order valence-electron chi connectivity index (χ1n) is 7.01. The molecular weight excluding hydrogens is 266 g/mol. The number of hydrogen-bond donors (Lipinski definition) is 2. The van der Waals surface area contributed by atoms with Crippen molar-refractivity contribution in [3.8, 4) is 0 Å². The van der Waals surface area contributed by atoms with Crippen molar-refractivity contribution in [3.63, 3.8) is 0 Å². The highest BCUT2D eigenvalue weighted by Crippen LogP contribution is 1.90. The molecular formula is C13H29NO6. The number of rotatable bonds is 16. The molecule has 7 heteroatoms. The Morgan fingerprint density at radius 1 is 0.650 bits per heavy atom. The molecule has 0 unspecified atom stereocenters. The monoisotopic (exact) mass is 295 g/mol. The fourth-order valence-electron chi connectivity index (χ4n) is 1.49. The second-order valence-electron chi connectivity index (χ2n) is 4.12. The zero-order chi connectivity index (χ0) is 14.9. The Bertz CT molecular complexity index is 184. The Balaban J connectivity index is 3.44. The van der Waals surface area contributed by atoms with Crippen LogP contribution in [-0.4, -0.2) is 101 Å². The quantitative estimate of drug-likeness (QED) is 0.352. The molecule has 0 aromatic carbocycles. The highest BCUT2D eigenvalue weighted by atomic mass is 16.5. The summed E-state index contributed by atoms with van der Waals surface area (Å²) < 4.78 is 20.8. The van der Waals surface area contributed by atoms with Gasteiger partial charge in [0.1, 0.15) is 0 Å². The molecule has 2 N–H and O–H groups in total. The molecule has 0 amide bonds. The third kappa shape index (κ3) is 14.1. The second kappa shape index (κ2) is 16.8. The van der Waals surface area contributed by atoms with Crippen LogP contribution < -0.4 is 0 Å². The first-order valence-corrected chi connectivity index (χ1v) is 7.01. The Labute approximate surface area is 121 Å². The molecule has 0 aromatic heterocycles. The van der Waals surface area contributed by atoms with Gasteiger partial charge in [-0.2, -0.15) is 0 Å². The average molecular weight is 295 g/mol. The Kier molecular flexibility index (Phi) is 16.5. The van der Waals surface area contributed by atoms with E-state index in [1.807, 2.05) is 0 Å². The third-order valence-corrected chi connectivity index (χ3v) is 2.56. The number of methoxy groups -OCH3 is 1. The van der Waals surface area contributed by atoms with Crippen LogP contribution in [0.15, 0.2) is 0 Å². The van der Waals surface area contributed by atoms with Gasteiger partial charge in [-0.25, -0.2) is 0 Å². The van der Waals surface area contributed by atoms with Gasteiger partial charge >= 0.3 is 0 Å². The summed E-state index contributed by atoms with van der Waals surface area (Å²) in [5.74, 6) is 0. The molecule has 0 aromatic rings. The summed E-state index contributed by atoms with van der Waals surface area (Å²) in [4.78, 5) is 2.08. The standard InChI is InChI=1S/C13H29NO6/c1-17-10-11-18-7-3-14(2-5-15)4-8-19-12-13-20-9-6-16/h15-16H,2-13H2,1H3. The van der Waals surface area contributed by atoms with E-state index in [-0.39, 0.29) is 13.2 Å². The predicted octanol–water partition coefficient (Wildman–Crippen LogP) is -1.03. The lowest BCUT2D eigenvalue weighted by Gasteiger charge is -2.21. The maximum Gasteiger partial charge on any atom is 0.0701 e. The SMILES string of the molecule is COCCOCCN(CCO)CCOCCOCCO. The maximum atomic E-state index is 8.99. The first kappa shape index (κ1) is 19.7. The van der Waals surface area contributed by atoms with Crippen molar-refractivity contribution >= 4 is 0 Å². The lowest BCUT2D eigenvalue weighted by atomic mass is 10.4. The minimum atomic E-state index is 0.0351. The summed E-state index contributed by atoms with van der Waals surface area (Å²) >= 11 is 0. The molecule has 0 heterocycles. The lowest BCUT2D eigenvalue weighted by molar-refractivity contribution is 0.0189. The van der Waals surface area contributed by atoms with Gasteiger partial charge in [0.2, 0.25) is 0 Å². The van der Waals surface area contributed by atoms with Gasteiger partial charge in [0.05, 0.1) is 59.5 Å². The van der Waals surface area contributed by atoms with Crippen LogP contribution in [-0.2, 0) is 18.9 Å². The Hall–Kier alpha value is -0.280. The van der Waals surface area contributed by atoms with E-state index in [1.165, 1.54) is 0 Å². The van der Waals surface area contributed by atoms with Crippen molar-refractivity contribution in [3.05, 3.63) is 0 Å². The largest absolute Gasteiger partial charge is 0.395 e. The van der Waals surface area contributed by atoms with Crippen molar-refractivity contribution in [1.82, 2.24) is 4.90 Å². The van der Waals surface area contributed by atoms with E-state index < -0.39 is 0 Å². The number of aliphatic hydroxyl groups excluding tert-OH is 2. The average Bonchev–Trinajstić information content (AvgIpc) is 2.46. The normalized spacial score (nSPS) is 11.4. The Morgan fingerprint density at radius 3 is 1.70 bits per heavy atom. The van der Waals surface area contributed by atoms with Gasteiger partial charge in [0.25, 0.3) is 0 Å². The van der Waals surface area contributed by atoms with Crippen LogP contribution in [0.4, 0.5) is 0 Å². The van der Waals surface area contributed by atoms with Gasteiger partial charge in [-0.1, -0.05) is 0 Å². The Morgan fingerprint density at radius 2 is 1.20 bits per heavy atom. The molecule has 0 aliphatic rings. The minimum absolute atomic E-state index is 0.0351. The summed E-state index contributed by atoms with van der Waals surface area (Å²) in [5, 5.41) is 17.5. The van der Waals surface area contributed by atoms with E-state index in [4.69, 9.17) is 29.2 Å². The van der Waals surface area contributed by atoms with Crippen LogP contribution in [0.2, 0.25) is 0 Å². The predicted molar refractivity (Wildman–Crippen MR) is 74.9 cm³/mol. The topological polar surface area (TPSA) is 80.6 Å². The van der Waals surface area contributed by atoms with Crippen LogP contribution in [0.5, 0.6) is 0 Å². The second-order valence-corrected chi connectivity index (χ2v) is 4.12. The molecule has 0 saturated carbocycles. The van der Waals surface area contributed by atoms with Crippen molar-refractivity contribution in [1.29, 1.82) is 0 Å². The van der Waals surface area contributed by atoms with Crippen LogP contribution in [0.3, 0.4) is 0 Å². The zero-order valence-electron chi connectivity index (χ0n) is 12.5. The van der Waals surface area contributed by atoms with Gasteiger partial charge < -0.3 is 29.2 Å². The first-order chi connectivity index (χ1) is 9.85. The summed E-state index contributed by atoms with van der Waals surface area (Å²) in [5.41, 5.74) is 0. The molecule has 7 nitrogen and oxygen atoms in total. The number of hydrogen-bond acceptors (Lipinski definition) is 7. The summed E-state index contributed by atoms with van der Waals surface area (Å²) in [7, 11) is 1.64. The molecule has 0 saturated heterocycles. The molecule has 0 aliphatic carbocycles. The molecule has 0 aliphatic heterocycles. The van der Waals surface area contributed by atoms with Gasteiger partial charge in [0.15, 0.2) is 0 Å². The van der Waals surface area contributed by atoms with Crippen LogP contribution in [0, 0.1) is 0 Å². The van der Waals surface area contributed by atoms with E-state index in [2.05, 4.69) is 4.90 Å². The van der Waals surface area contributed by atoms with Crippen molar-refractivity contribution in [2.75, 3.05) is 86.2 Å². The minimum Gasteiger partial charge on any atom is -0.395 e. The molecule has 0 bridgehead atoms. The molecule has 0 spiro atoms. The van der Waals surface area contributed by atoms with Gasteiger partial charge in [-0.15, -0.1) is 0 Å². The lowest BCUT2D eigenvalue weighted by Crippen LogP contribution is -2.34. The molecule has 122 valence electrons. The van der Waals surface area contributed by atoms with E-state index in [1.54, 1.807) is 7.11 Å².